The van der Waals surface area contributed by atoms with Crippen LogP contribution in [0.15, 0.2) is 23.1 Å². The third-order valence-corrected chi connectivity index (χ3v) is 6.24. The monoisotopic (exact) mass is 312 g/mol. The number of nitrogens with two attached hydrogens (primary N) is 1. The molecule has 2 N–H and O–H groups in total. The van der Waals surface area contributed by atoms with Crippen molar-refractivity contribution < 1.29 is 8.42 Å². The van der Waals surface area contributed by atoms with Gasteiger partial charge in [-0.1, -0.05) is 13.0 Å². The van der Waals surface area contributed by atoms with Crippen molar-refractivity contribution >= 4 is 32.8 Å². The van der Waals surface area contributed by atoms with Crippen molar-refractivity contribution in [1.29, 1.82) is 0 Å². The van der Waals surface area contributed by atoms with Gasteiger partial charge in [0, 0.05) is 19.1 Å². The highest BCUT2D eigenvalue weighted by atomic mass is 32.2. The van der Waals surface area contributed by atoms with E-state index < -0.39 is 10.0 Å². The Hall–Kier alpha value is -1.09. The van der Waals surface area contributed by atoms with Gasteiger partial charge >= 0.3 is 0 Å². The second-order valence-electron chi connectivity index (χ2n) is 5.18. The number of fused-ring (bicyclic) bond motifs is 1. The van der Waals surface area contributed by atoms with Crippen molar-refractivity contribution in [2.24, 2.45) is 11.7 Å². The van der Waals surface area contributed by atoms with Crippen molar-refractivity contribution in [3.63, 3.8) is 0 Å². The molecule has 8 heteroatoms. The molecule has 2 unspecified atom stereocenters. The summed E-state index contributed by atoms with van der Waals surface area (Å²) in [4.78, 5) is 0.242. The summed E-state index contributed by atoms with van der Waals surface area (Å²) in [5, 5.41) is 0. The van der Waals surface area contributed by atoms with Gasteiger partial charge in [0.05, 0.1) is 11.7 Å². The summed E-state index contributed by atoms with van der Waals surface area (Å²) in [6, 6.07) is 5.14. The molecule has 1 fully saturated rings. The van der Waals surface area contributed by atoms with E-state index in [1.54, 1.807) is 18.2 Å². The number of sulfonamides is 1. The van der Waals surface area contributed by atoms with Crippen LogP contribution in [0.4, 0.5) is 0 Å². The first-order valence-corrected chi connectivity index (χ1v) is 8.64. The molecule has 1 aromatic carbocycles. The quantitative estimate of drug-likeness (QED) is 0.895. The van der Waals surface area contributed by atoms with Gasteiger partial charge in [-0.2, -0.15) is 13.1 Å². The lowest BCUT2D eigenvalue weighted by Gasteiger charge is -2.34. The molecule has 2 heterocycles. The zero-order valence-corrected chi connectivity index (χ0v) is 12.7. The van der Waals surface area contributed by atoms with E-state index in [2.05, 4.69) is 8.75 Å². The number of aromatic nitrogens is 2. The first kappa shape index (κ1) is 13.9. The van der Waals surface area contributed by atoms with Crippen molar-refractivity contribution in [1.82, 2.24) is 13.1 Å². The van der Waals surface area contributed by atoms with E-state index in [1.807, 2.05) is 6.92 Å². The maximum Gasteiger partial charge on any atom is 0.245 e. The normalized spacial score (nSPS) is 25.1. The van der Waals surface area contributed by atoms with E-state index in [1.165, 1.54) is 4.31 Å². The van der Waals surface area contributed by atoms with Crippen molar-refractivity contribution in [2.75, 3.05) is 13.1 Å². The maximum absolute atomic E-state index is 12.8. The first-order valence-electron chi connectivity index (χ1n) is 6.47. The Balaban J connectivity index is 2.02. The van der Waals surface area contributed by atoms with Gasteiger partial charge in [-0.3, -0.25) is 0 Å². The molecule has 1 saturated heterocycles. The summed E-state index contributed by atoms with van der Waals surface area (Å²) in [6.45, 7) is 2.90. The molecule has 1 aliphatic rings. The minimum Gasteiger partial charge on any atom is -0.327 e. The van der Waals surface area contributed by atoms with Crippen LogP contribution >= 0.6 is 11.7 Å². The minimum atomic E-state index is -3.53. The average Bonchev–Trinajstić information content (AvgIpc) is 2.89. The molecule has 1 aromatic heterocycles. The first-order chi connectivity index (χ1) is 9.50. The highest BCUT2D eigenvalue weighted by Gasteiger charge is 2.33. The molecule has 0 amide bonds. The van der Waals surface area contributed by atoms with E-state index in [9.17, 15) is 8.42 Å². The molecular weight excluding hydrogens is 296 g/mol. The molecule has 3 rings (SSSR count). The van der Waals surface area contributed by atoms with Crippen LogP contribution in [-0.4, -0.2) is 40.6 Å². The van der Waals surface area contributed by atoms with Crippen LogP contribution in [-0.2, 0) is 10.0 Å². The van der Waals surface area contributed by atoms with Crippen LogP contribution < -0.4 is 5.73 Å². The predicted octanol–water partition coefficient (Wildman–Crippen LogP) is 1.05. The number of benzene rings is 1. The molecule has 1 aliphatic heterocycles. The summed E-state index contributed by atoms with van der Waals surface area (Å²) < 4.78 is 35.3. The van der Waals surface area contributed by atoms with Crippen LogP contribution in [0.3, 0.4) is 0 Å². The summed E-state index contributed by atoms with van der Waals surface area (Å²) in [7, 11) is -3.53. The Bertz CT molecular complexity index is 728. The Labute approximate surface area is 122 Å². The molecule has 0 bridgehead atoms. The van der Waals surface area contributed by atoms with Crippen molar-refractivity contribution in [3.05, 3.63) is 18.2 Å². The van der Waals surface area contributed by atoms with E-state index in [0.29, 0.717) is 30.5 Å². The van der Waals surface area contributed by atoms with E-state index in [4.69, 9.17) is 5.73 Å². The summed E-state index contributed by atoms with van der Waals surface area (Å²) in [5.74, 6) is 0.159. The molecule has 0 aliphatic carbocycles. The summed E-state index contributed by atoms with van der Waals surface area (Å²) in [5.41, 5.74) is 7.04. The van der Waals surface area contributed by atoms with E-state index in [-0.39, 0.29) is 16.9 Å². The lowest BCUT2D eigenvalue weighted by molar-refractivity contribution is 0.250. The van der Waals surface area contributed by atoms with Gasteiger partial charge in [0.1, 0.15) is 15.9 Å². The van der Waals surface area contributed by atoms with Gasteiger partial charge in [-0.25, -0.2) is 8.42 Å². The van der Waals surface area contributed by atoms with Gasteiger partial charge in [0.2, 0.25) is 10.0 Å². The molecule has 20 heavy (non-hydrogen) atoms. The summed E-state index contributed by atoms with van der Waals surface area (Å²) in [6.07, 6.45) is 0.686. The fraction of sp³-hybridized carbons (Fsp3) is 0.500. The number of nitrogens with zero attached hydrogens (tertiary/aromatic N) is 3. The Morgan fingerprint density at radius 1 is 1.40 bits per heavy atom. The highest BCUT2D eigenvalue weighted by Crippen LogP contribution is 2.27. The topological polar surface area (TPSA) is 89.2 Å². The van der Waals surface area contributed by atoms with Crippen LogP contribution in [0.1, 0.15) is 13.3 Å². The highest BCUT2D eigenvalue weighted by molar-refractivity contribution is 7.89. The Morgan fingerprint density at radius 2 is 2.20 bits per heavy atom. The third kappa shape index (κ3) is 2.22. The number of hydrogen-bond donors (Lipinski definition) is 1. The number of hydrogen-bond acceptors (Lipinski definition) is 6. The fourth-order valence-corrected chi connectivity index (χ4v) is 4.78. The average molecular weight is 312 g/mol. The fourth-order valence-electron chi connectivity index (χ4n) is 2.47. The van der Waals surface area contributed by atoms with Crippen LogP contribution in [0.5, 0.6) is 0 Å². The standard InChI is InChI=1S/C12H16N4O2S2/c1-8-7-16(6-5-9(8)13)20(17,18)11-4-2-3-10-12(11)15-19-14-10/h2-4,8-9H,5-7,13H2,1H3. The molecule has 108 valence electrons. The van der Waals surface area contributed by atoms with Crippen LogP contribution in [0, 0.1) is 5.92 Å². The zero-order valence-electron chi connectivity index (χ0n) is 11.1. The zero-order chi connectivity index (χ0) is 14.3. The third-order valence-electron chi connectivity index (χ3n) is 3.80. The molecule has 0 radical (unpaired) electrons. The molecule has 0 saturated carbocycles. The lowest BCUT2D eigenvalue weighted by atomic mass is 9.96. The van der Waals surface area contributed by atoms with E-state index in [0.717, 1.165) is 11.7 Å². The van der Waals surface area contributed by atoms with Crippen molar-refractivity contribution in [3.8, 4) is 0 Å². The van der Waals surface area contributed by atoms with Crippen LogP contribution in [0.2, 0.25) is 0 Å². The maximum atomic E-state index is 12.8. The van der Waals surface area contributed by atoms with Crippen molar-refractivity contribution in [2.45, 2.75) is 24.3 Å². The largest absolute Gasteiger partial charge is 0.327 e. The Morgan fingerprint density at radius 3 is 2.95 bits per heavy atom. The molecule has 6 nitrogen and oxygen atoms in total. The molecule has 2 aromatic rings. The number of piperidine rings is 1. The lowest BCUT2D eigenvalue weighted by Crippen LogP contribution is -2.48. The second-order valence-corrected chi connectivity index (χ2v) is 7.62. The SMILES string of the molecule is CC1CN(S(=O)(=O)c2cccc3nsnc23)CCC1N. The van der Waals surface area contributed by atoms with E-state index >= 15 is 0 Å². The van der Waals surface area contributed by atoms with Gasteiger partial charge in [-0.05, 0) is 24.5 Å². The van der Waals surface area contributed by atoms with Gasteiger partial charge in [-0.15, -0.1) is 0 Å². The van der Waals surface area contributed by atoms with Gasteiger partial charge < -0.3 is 5.73 Å². The second kappa shape index (κ2) is 5.03. The predicted molar refractivity (Wildman–Crippen MR) is 77.9 cm³/mol. The van der Waals surface area contributed by atoms with Crippen LogP contribution in [0.25, 0.3) is 11.0 Å². The Kier molecular flexibility index (Phi) is 3.49. The summed E-state index contributed by atoms with van der Waals surface area (Å²) >= 11 is 1.03. The van der Waals surface area contributed by atoms with Gasteiger partial charge in [0.15, 0.2) is 0 Å². The molecular formula is C12H16N4O2S2. The molecule has 2 atom stereocenters. The number of rotatable bonds is 2. The smallest absolute Gasteiger partial charge is 0.245 e. The minimum absolute atomic E-state index is 0.0678. The molecule has 0 spiro atoms. The van der Waals surface area contributed by atoms with Gasteiger partial charge in [0.25, 0.3) is 0 Å².